The molecule has 146 valence electrons. The zero-order valence-electron chi connectivity index (χ0n) is 16.5. The molecule has 5 heteroatoms. The van der Waals surface area contributed by atoms with E-state index in [1.54, 1.807) is 12.4 Å². The number of fused-ring (bicyclic) bond motifs is 2. The van der Waals surface area contributed by atoms with Gasteiger partial charge < -0.3 is 10.2 Å². The highest BCUT2D eigenvalue weighted by Crippen LogP contribution is 2.54. The van der Waals surface area contributed by atoms with Crippen molar-refractivity contribution in [3.63, 3.8) is 0 Å². The molecule has 2 atom stereocenters. The van der Waals surface area contributed by atoms with Crippen molar-refractivity contribution in [2.75, 3.05) is 11.9 Å². The molecule has 2 aromatic rings. The van der Waals surface area contributed by atoms with Crippen molar-refractivity contribution >= 4 is 17.5 Å². The van der Waals surface area contributed by atoms with E-state index < -0.39 is 5.41 Å². The second kappa shape index (κ2) is 7.38. The van der Waals surface area contributed by atoms with Gasteiger partial charge in [0.25, 0.3) is 0 Å². The van der Waals surface area contributed by atoms with Gasteiger partial charge in [-0.05, 0) is 42.0 Å². The first-order valence-electron chi connectivity index (χ1n) is 10.1. The summed E-state index contributed by atoms with van der Waals surface area (Å²) in [6, 6.07) is 11.4. The van der Waals surface area contributed by atoms with E-state index in [0.717, 1.165) is 29.7 Å². The van der Waals surface area contributed by atoms with Crippen LogP contribution in [0.15, 0.2) is 48.8 Å². The average molecular weight is 377 g/mol. The molecule has 2 unspecified atom stereocenters. The number of amides is 2. The third-order valence-electron chi connectivity index (χ3n) is 6.08. The fraction of sp³-hybridized carbons (Fsp3) is 0.435. The Bertz CT molecular complexity index is 880. The van der Waals surface area contributed by atoms with Gasteiger partial charge in [0.2, 0.25) is 11.8 Å². The number of aromatic nitrogens is 1. The topological polar surface area (TPSA) is 62.3 Å². The van der Waals surface area contributed by atoms with E-state index in [-0.39, 0.29) is 17.9 Å². The second-order valence-corrected chi connectivity index (χ2v) is 8.28. The van der Waals surface area contributed by atoms with E-state index in [0.29, 0.717) is 25.3 Å². The molecular weight excluding hydrogens is 350 g/mol. The third kappa shape index (κ3) is 2.99. The second-order valence-electron chi connectivity index (χ2n) is 8.28. The number of anilines is 1. The maximum Gasteiger partial charge on any atom is 0.237 e. The number of para-hydroxylation sites is 1. The minimum Gasteiger partial charge on any atom is -0.334 e. The van der Waals surface area contributed by atoms with Crippen molar-refractivity contribution in [3.05, 3.63) is 59.9 Å². The van der Waals surface area contributed by atoms with Crippen molar-refractivity contribution in [2.45, 2.75) is 51.0 Å². The largest absolute Gasteiger partial charge is 0.334 e. The fourth-order valence-corrected chi connectivity index (χ4v) is 4.76. The van der Waals surface area contributed by atoms with Crippen molar-refractivity contribution < 1.29 is 9.59 Å². The molecule has 2 aliphatic rings. The average Bonchev–Trinajstić information content (AvgIpc) is 3.22. The Morgan fingerprint density at radius 1 is 1.29 bits per heavy atom. The molecule has 1 aromatic heterocycles. The zero-order valence-corrected chi connectivity index (χ0v) is 16.5. The lowest BCUT2D eigenvalue weighted by atomic mass is 9.73. The number of likely N-dealkylation sites (tertiary alicyclic amines) is 1. The number of carbonyl (C=O) groups excluding carboxylic acids is 2. The normalized spacial score (nSPS) is 23.3. The molecule has 1 fully saturated rings. The van der Waals surface area contributed by atoms with Gasteiger partial charge in [0.15, 0.2) is 0 Å². The van der Waals surface area contributed by atoms with Crippen LogP contribution in [0.25, 0.3) is 0 Å². The fourth-order valence-electron chi connectivity index (χ4n) is 4.76. The summed E-state index contributed by atoms with van der Waals surface area (Å²) in [7, 11) is 0. The molecule has 3 heterocycles. The number of rotatable bonds is 5. The molecule has 1 N–H and O–H groups in total. The molecule has 5 nitrogen and oxygen atoms in total. The first-order chi connectivity index (χ1) is 13.5. The number of benzene rings is 1. The van der Waals surface area contributed by atoms with Crippen molar-refractivity contribution in [3.8, 4) is 0 Å². The highest BCUT2D eigenvalue weighted by atomic mass is 16.2. The molecule has 2 aliphatic heterocycles. The maximum atomic E-state index is 13.2. The Morgan fingerprint density at radius 3 is 2.86 bits per heavy atom. The Balaban J connectivity index is 1.73. The molecule has 1 saturated heterocycles. The van der Waals surface area contributed by atoms with Crippen LogP contribution in [-0.4, -0.2) is 28.2 Å². The molecule has 2 amide bonds. The first-order valence-corrected chi connectivity index (χ1v) is 10.1. The smallest absolute Gasteiger partial charge is 0.237 e. The van der Waals surface area contributed by atoms with Gasteiger partial charge in [0, 0.05) is 31.0 Å². The summed E-state index contributed by atoms with van der Waals surface area (Å²) >= 11 is 0. The van der Waals surface area contributed by atoms with Gasteiger partial charge in [-0.1, -0.05) is 44.5 Å². The van der Waals surface area contributed by atoms with Crippen LogP contribution in [0, 0.1) is 5.92 Å². The lowest BCUT2D eigenvalue weighted by molar-refractivity contribution is -0.133. The lowest BCUT2D eigenvalue weighted by Gasteiger charge is -2.34. The van der Waals surface area contributed by atoms with Gasteiger partial charge >= 0.3 is 0 Å². The molecule has 0 saturated carbocycles. The van der Waals surface area contributed by atoms with Crippen LogP contribution in [0.1, 0.15) is 56.7 Å². The summed E-state index contributed by atoms with van der Waals surface area (Å²) in [6.07, 6.45) is 6.58. The third-order valence-corrected chi connectivity index (χ3v) is 6.08. The number of hydrogen-bond donors (Lipinski definition) is 1. The molecule has 0 bridgehead atoms. The summed E-state index contributed by atoms with van der Waals surface area (Å²) in [4.78, 5) is 32.6. The van der Waals surface area contributed by atoms with Gasteiger partial charge in [-0.3, -0.25) is 14.6 Å². The van der Waals surface area contributed by atoms with Gasteiger partial charge in [-0.25, -0.2) is 0 Å². The quantitative estimate of drug-likeness (QED) is 0.854. The Morgan fingerprint density at radius 2 is 2.11 bits per heavy atom. The molecule has 0 aliphatic carbocycles. The molecule has 28 heavy (non-hydrogen) atoms. The van der Waals surface area contributed by atoms with E-state index >= 15 is 0 Å². The van der Waals surface area contributed by atoms with Gasteiger partial charge in [-0.15, -0.1) is 0 Å². The predicted molar refractivity (Wildman–Crippen MR) is 109 cm³/mol. The number of nitrogens with zero attached hydrogens (tertiary/aromatic N) is 2. The monoisotopic (exact) mass is 377 g/mol. The van der Waals surface area contributed by atoms with E-state index in [4.69, 9.17) is 0 Å². The minimum atomic E-state index is -0.743. The van der Waals surface area contributed by atoms with Crippen molar-refractivity contribution in [1.29, 1.82) is 0 Å². The van der Waals surface area contributed by atoms with Gasteiger partial charge in [-0.2, -0.15) is 0 Å². The standard InChI is InChI=1S/C23H27N3O2/c1-16(2)7-5-11-20(27)26-14-12-23(21(26)17-8-6-13-24-15-17)18-9-3-4-10-19(18)25-22(23)28/h3-4,6,8-10,13,15-16,21H,5,7,11-12,14H2,1-2H3,(H,25,28). The molecule has 0 radical (unpaired) electrons. The summed E-state index contributed by atoms with van der Waals surface area (Å²) in [5.41, 5.74) is 2.03. The van der Waals surface area contributed by atoms with Gasteiger partial charge in [0.1, 0.15) is 5.41 Å². The Kier molecular flexibility index (Phi) is 4.92. The maximum absolute atomic E-state index is 13.2. The van der Waals surface area contributed by atoms with Crippen molar-refractivity contribution in [1.82, 2.24) is 9.88 Å². The van der Waals surface area contributed by atoms with Crippen molar-refractivity contribution in [2.24, 2.45) is 5.92 Å². The summed E-state index contributed by atoms with van der Waals surface area (Å²) < 4.78 is 0. The zero-order chi connectivity index (χ0) is 19.7. The highest BCUT2D eigenvalue weighted by Gasteiger charge is 2.59. The molecular formula is C23H27N3O2. The molecule has 1 aromatic carbocycles. The number of pyridine rings is 1. The van der Waals surface area contributed by atoms with Crippen LogP contribution in [0.4, 0.5) is 5.69 Å². The van der Waals surface area contributed by atoms with E-state index in [2.05, 4.69) is 24.1 Å². The van der Waals surface area contributed by atoms with Crippen LogP contribution in [0.2, 0.25) is 0 Å². The number of hydrogen-bond acceptors (Lipinski definition) is 3. The van der Waals surface area contributed by atoms with E-state index in [1.807, 2.05) is 41.3 Å². The van der Waals surface area contributed by atoms with Crippen LogP contribution >= 0.6 is 0 Å². The molecule has 1 spiro atoms. The number of nitrogens with one attached hydrogen (secondary N) is 1. The SMILES string of the molecule is CC(C)CCCC(=O)N1CCC2(C(=O)Nc3ccccc32)C1c1cccnc1. The Hall–Kier alpha value is -2.69. The van der Waals surface area contributed by atoms with Crippen LogP contribution < -0.4 is 5.32 Å². The van der Waals surface area contributed by atoms with E-state index in [1.165, 1.54) is 0 Å². The van der Waals surface area contributed by atoms with Crippen LogP contribution in [-0.2, 0) is 15.0 Å². The highest BCUT2D eigenvalue weighted by molar-refractivity contribution is 6.07. The predicted octanol–water partition coefficient (Wildman–Crippen LogP) is 4.07. The lowest BCUT2D eigenvalue weighted by Crippen LogP contribution is -2.42. The minimum absolute atomic E-state index is 0.0139. The summed E-state index contributed by atoms with van der Waals surface area (Å²) in [5, 5.41) is 3.05. The Labute approximate surface area is 166 Å². The summed E-state index contributed by atoms with van der Waals surface area (Å²) in [5.74, 6) is 0.697. The first kappa shape index (κ1) is 18.7. The summed E-state index contributed by atoms with van der Waals surface area (Å²) in [6.45, 7) is 4.93. The van der Waals surface area contributed by atoms with Crippen LogP contribution in [0.5, 0.6) is 0 Å². The van der Waals surface area contributed by atoms with Gasteiger partial charge in [0.05, 0.1) is 6.04 Å². The number of carbonyl (C=O) groups is 2. The van der Waals surface area contributed by atoms with E-state index in [9.17, 15) is 9.59 Å². The molecule has 4 rings (SSSR count). The van der Waals surface area contributed by atoms with Crippen LogP contribution in [0.3, 0.4) is 0 Å².